The summed E-state index contributed by atoms with van der Waals surface area (Å²) in [6.45, 7) is 6.72. The molecule has 0 bridgehead atoms. The number of piperidine rings is 2. The third kappa shape index (κ3) is 5.25. The van der Waals surface area contributed by atoms with Crippen molar-refractivity contribution >= 4 is 23.3 Å². The number of nitrogens with zero attached hydrogens (tertiary/aromatic N) is 3. The first kappa shape index (κ1) is 21.1. The van der Waals surface area contributed by atoms with Crippen LogP contribution >= 0.6 is 0 Å². The summed E-state index contributed by atoms with van der Waals surface area (Å²) in [6.07, 6.45) is 4.20. The van der Waals surface area contributed by atoms with Crippen molar-refractivity contribution in [3.05, 3.63) is 33.9 Å². The first-order chi connectivity index (χ1) is 13.8. The number of carbonyl (C=O) groups is 2. The van der Waals surface area contributed by atoms with Crippen molar-refractivity contribution in [1.82, 2.24) is 4.90 Å². The largest absolute Gasteiger partial charge is 0.452 e. The molecule has 2 saturated heterocycles. The third-order valence-corrected chi connectivity index (χ3v) is 5.65. The number of hydrogen-bond donors (Lipinski definition) is 0. The van der Waals surface area contributed by atoms with Crippen molar-refractivity contribution in [1.29, 1.82) is 0 Å². The molecule has 8 nitrogen and oxygen atoms in total. The molecule has 0 aliphatic carbocycles. The lowest BCUT2D eigenvalue weighted by atomic mass is 9.92. The highest BCUT2D eigenvalue weighted by atomic mass is 16.6. The van der Waals surface area contributed by atoms with Gasteiger partial charge in [0.25, 0.3) is 11.6 Å². The fraction of sp³-hybridized carbons (Fsp3) is 0.619. The van der Waals surface area contributed by atoms with Crippen molar-refractivity contribution in [2.75, 3.05) is 37.7 Å². The number of esters is 1. The average Bonchev–Trinajstić information content (AvgIpc) is 2.71. The lowest BCUT2D eigenvalue weighted by Gasteiger charge is -2.34. The predicted octanol–water partition coefficient (Wildman–Crippen LogP) is 3.25. The molecule has 3 rings (SSSR count). The summed E-state index contributed by atoms with van der Waals surface area (Å²) in [6, 6.07) is 4.40. The zero-order valence-corrected chi connectivity index (χ0v) is 17.1. The van der Waals surface area contributed by atoms with Crippen LogP contribution in [-0.4, -0.2) is 54.5 Å². The van der Waals surface area contributed by atoms with Crippen LogP contribution < -0.4 is 4.90 Å². The minimum Gasteiger partial charge on any atom is -0.452 e. The fourth-order valence-corrected chi connectivity index (χ4v) is 4.37. The van der Waals surface area contributed by atoms with Crippen molar-refractivity contribution < 1.29 is 19.2 Å². The molecular formula is C21H29N3O5. The van der Waals surface area contributed by atoms with E-state index in [1.54, 1.807) is 11.0 Å². The number of nitro groups is 1. The number of hydrogen-bond acceptors (Lipinski definition) is 6. The Morgan fingerprint density at radius 3 is 2.41 bits per heavy atom. The Kier molecular flexibility index (Phi) is 6.71. The van der Waals surface area contributed by atoms with Crippen molar-refractivity contribution in [3.63, 3.8) is 0 Å². The molecule has 8 heteroatoms. The summed E-state index contributed by atoms with van der Waals surface area (Å²) in [5.41, 5.74) is 0.510. The molecule has 0 N–H and O–H groups in total. The highest BCUT2D eigenvalue weighted by Gasteiger charge is 2.27. The molecule has 2 aliphatic heterocycles. The van der Waals surface area contributed by atoms with Gasteiger partial charge < -0.3 is 14.5 Å². The molecule has 0 spiro atoms. The summed E-state index contributed by atoms with van der Waals surface area (Å²) in [5.74, 6) is -0.104. The molecular weight excluding hydrogens is 374 g/mol. The molecule has 1 aromatic rings. The molecule has 2 aliphatic rings. The number of rotatable bonds is 5. The molecule has 0 radical (unpaired) electrons. The highest BCUT2D eigenvalue weighted by molar-refractivity contribution is 5.93. The van der Waals surface area contributed by atoms with Gasteiger partial charge in [0.1, 0.15) is 5.69 Å². The number of ether oxygens (including phenoxy) is 1. The van der Waals surface area contributed by atoms with Gasteiger partial charge in [0.05, 0.1) is 10.5 Å². The van der Waals surface area contributed by atoms with Crippen LogP contribution in [0, 0.1) is 22.0 Å². The van der Waals surface area contributed by atoms with E-state index < -0.39 is 10.9 Å². The van der Waals surface area contributed by atoms with Crippen LogP contribution in [0.5, 0.6) is 0 Å². The lowest BCUT2D eigenvalue weighted by molar-refractivity contribution is -0.384. The van der Waals surface area contributed by atoms with E-state index >= 15 is 0 Å². The lowest BCUT2D eigenvalue weighted by Crippen LogP contribution is -2.44. The van der Waals surface area contributed by atoms with Crippen LogP contribution in [0.4, 0.5) is 11.4 Å². The highest BCUT2D eigenvalue weighted by Crippen LogP contribution is 2.31. The van der Waals surface area contributed by atoms with Gasteiger partial charge in [0.15, 0.2) is 6.61 Å². The van der Waals surface area contributed by atoms with E-state index in [0.29, 0.717) is 30.6 Å². The quantitative estimate of drug-likeness (QED) is 0.426. The maximum atomic E-state index is 12.4. The molecule has 29 heavy (non-hydrogen) atoms. The van der Waals surface area contributed by atoms with Crippen molar-refractivity contribution in [2.45, 2.75) is 39.5 Å². The van der Waals surface area contributed by atoms with Crippen LogP contribution in [0.1, 0.15) is 49.9 Å². The second-order valence-electron chi connectivity index (χ2n) is 8.33. The Morgan fingerprint density at radius 1 is 1.14 bits per heavy atom. The Labute approximate surface area is 171 Å². The van der Waals surface area contributed by atoms with E-state index in [2.05, 4.69) is 13.8 Å². The molecule has 2 heterocycles. The van der Waals surface area contributed by atoms with Crippen molar-refractivity contribution in [3.8, 4) is 0 Å². The van der Waals surface area contributed by atoms with Crippen LogP contribution in [-0.2, 0) is 9.53 Å². The molecule has 0 unspecified atom stereocenters. The number of anilines is 1. The maximum Gasteiger partial charge on any atom is 0.338 e. The fourth-order valence-electron chi connectivity index (χ4n) is 4.37. The summed E-state index contributed by atoms with van der Waals surface area (Å²) in [4.78, 5) is 39.6. The second-order valence-corrected chi connectivity index (χ2v) is 8.33. The van der Waals surface area contributed by atoms with Gasteiger partial charge in [-0.2, -0.15) is 0 Å². The molecule has 1 aromatic carbocycles. The SMILES string of the molecule is C[C@@H]1C[C@@H](C)CN(C(=O)COC(=O)c2ccc(N3CCCCC3)c([N+](=O)[O-])c2)C1. The smallest absolute Gasteiger partial charge is 0.338 e. The van der Waals surface area contributed by atoms with E-state index in [0.717, 1.165) is 38.8 Å². The molecule has 0 saturated carbocycles. The minimum absolute atomic E-state index is 0.0886. The Morgan fingerprint density at radius 2 is 1.79 bits per heavy atom. The Bertz CT molecular complexity index is 766. The van der Waals surface area contributed by atoms with Gasteiger partial charge in [0, 0.05) is 32.2 Å². The first-order valence-corrected chi connectivity index (χ1v) is 10.3. The number of amides is 1. The van der Waals surface area contributed by atoms with Gasteiger partial charge in [-0.1, -0.05) is 13.8 Å². The molecule has 2 fully saturated rings. The first-order valence-electron chi connectivity index (χ1n) is 10.3. The zero-order valence-electron chi connectivity index (χ0n) is 17.1. The van der Waals surface area contributed by atoms with Crippen LogP contribution in [0.3, 0.4) is 0 Å². The summed E-state index contributed by atoms with van der Waals surface area (Å²) in [5, 5.41) is 11.5. The van der Waals surface area contributed by atoms with Crippen LogP contribution in [0.15, 0.2) is 18.2 Å². The maximum absolute atomic E-state index is 12.4. The van der Waals surface area contributed by atoms with Gasteiger partial charge in [-0.25, -0.2) is 4.79 Å². The van der Waals surface area contributed by atoms with Gasteiger partial charge in [-0.05, 0) is 49.7 Å². The topological polar surface area (TPSA) is 93.0 Å². The number of carbonyl (C=O) groups excluding carboxylic acids is 2. The van der Waals surface area contributed by atoms with E-state index in [1.165, 1.54) is 12.1 Å². The minimum atomic E-state index is -0.718. The number of nitro benzene ring substituents is 1. The van der Waals surface area contributed by atoms with Gasteiger partial charge in [-0.15, -0.1) is 0 Å². The van der Waals surface area contributed by atoms with E-state index in [-0.39, 0.29) is 23.8 Å². The van der Waals surface area contributed by atoms with E-state index in [9.17, 15) is 19.7 Å². The van der Waals surface area contributed by atoms with Gasteiger partial charge in [-0.3, -0.25) is 14.9 Å². The summed E-state index contributed by atoms with van der Waals surface area (Å²) < 4.78 is 5.17. The Hall–Kier alpha value is -2.64. The normalized spacial score (nSPS) is 22.3. The van der Waals surface area contributed by atoms with E-state index in [1.807, 2.05) is 4.90 Å². The summed E-state index contributed by atoms with van der Waals surface area (Å²) in [7, 11) is 0. The average molecular weight is 403 g/mol. The van der Waals surface area contributed by atoms with E-state index in [4.69, 9.17) is 4.74 Å². The molecule has 1 amide bonds. The molecule has 0 aromatic heterocycles. The van der Waals surface area contributed by atoms with Gasteiger partial charge >= 0.3 is 5.97 Å². The second kappa shape index (κ2) is 9.24. The third-order valence-electron chi connectivity index (χ3n) is 5.65. The van der Waals surface area contributed by atoms with Crippen LogP contribution in [0.25, 0.3) is 0 Å². The Balaban J connectivity index is 1.65. The monoisotopic (exact) mass is 403 g/mol. The predicted molar refractivity (Wildman–Crippen MR) is 109 cm³/mol. The molecule has 2 atom stereocenters. The standard InChI is InChI=1S/C21H29N3O5/c1-15-10-16(2)13-23(12-15)20(25)14-29-21(26)17-6-7-18(19(11-17)24(27)28)22-8-4-3-5-9-22/h6-7,11,15-16H,3-5,8-10,12-14H2,1-2H3/t15-,16-/m1/s1. The summed E-state index contributed by atoms with van der Waals surface area (Å²) >= 11 is 0. The number of benzene rings is 1. The van der Waals surface area contributed by atoms with Gasteiger partial charge in [0.2, 0.25) is 0 Å². The van der Waals surface area contributed by atoms with Crippen molar-refractivity contribution in [2.24, 2.45) is 11.8 Å². The molecule has 158 valence electrons. The zero-order chi connectivity index (χ0) is 21.0. The number of likely N-dealkylation sites (tertiary alicyclic amines) is 1. The van der Waals surface area contributed by atoms with Crippen LogP contribution in [0.2, 0.25) is 0 Å².